The third-order valence-electron chi connectivity index (χ3n) is 4.64. The maximum absolute atomic E-state index is 12.3. The minimum Gasteiger partial charge on any atom is -0.484 e. The van der Waals surface area contributed by atoms with Crippen LogP contribution in [-0.2, 0) is 9.59 Å². The number of aryl methyl sites for hydroxylation is 1. The van der Waals surface area contributed by atoms with Crippen molar-refractivity contribution in [1.82, 2.24) is 4.90 Å². The van der Waals surface area contributed by atoms with Crippen molar-refractivity contribution in [2.45, 2.75) is 19.8 Å². The van der Waals surface area contributed by atoms with E-state index in [9.17, 15) is 9.59 Å². The van der Waals surface area contributed by atoms with E-state index in [1.54, 1.807) is 4.90 Å². The second kappa shape index (κ2) is 8.52. The second-order valence-electron chi connectivity index (χ2n) is 6.61. The Morgan fingerprint density at radius 1 is 1.04 bits per heavy atom. The molecule has 3 rings (SSSR count). The predicted molar refractivity (Wildman–Crippen MR) is 101 cm³/mol. The number of hydrogen-bond donors (Lipinski definition) is 1. The number of rotatable bonds is 5. The summed E-state index contributed by atoms with van der Waals surface area (Å²) in [5.74, 6) is 0.630. The molecule has 0 aliphatic carbocycles. The molecule has 26 heavy (non-hydrogen) atoms. The van der Waals surface area contributed by atoms with Gasteiger partial charge in [-0.2, -0.15) is 0 Å². The lowest BCUT2D eigenvalue weighted by molar-refractivity contribution is -0.136. The number of hydrogen-bond acceptors (Lipinski definition) is 3. The molecule has 2 aromatic rings. The molecule has 0 saturated carbocycles. The van der Waals surface area contributed by atoms with E-state index in [2.05, 4.69) is 5.32 Å². The van der Waals surface area contributed by atoms with Crippen LogP contribution in [0.25, 0.3) is 0 Å². The van der Waals surface area contributed by atoms with Gasteiger partial charge in [0.2, 0.25) is 5.91 Å². The van der Waals surface area contributed by atoms with Crippen LogP contribution in [0.3, 0.4) is 0 Å². The van der Waals surface area contributed by atoms with Gasteiger partial charge in [-0.15, -0.1) is 0 Å². The molecule has 1 heterocycles. The number of amides is 2. The maximum atomic E-state index is 12.3. The van der Waals surface area contributed by atoms with Crippen LogP contribution in [0.4, 0.5) is 5.69 Å². The molecule has 1 fully saturated rings. The van der Waals surface area contributed by atoms with Crippen molar-refractivity contribution in [2.24, 2.45) is 5.92 Å². The maximum Gasteiger partial charge on any atom is 0.260 e. The molecule has 5 heteroatoms. The van der Waals surface area contributed by atoms with Gasteiger partial charge in [-0.25, -0.2) is 0 Å². The van der Waals surface area contributed by atoms with Crippen molar-refractivity contribution in [2.75, 3.05) is 25.0 Å². The van der Waals surface area contributed by atoms with Crippen LogP contribution in [0.15, 0.2) is 54.6 Å². The third kappa shape index (κ3) is 4.85. The van der Waals surface area contributed by atoms with E-state index >= 15 is 0 Å². The van der Waals surface area contributed by atoms with Crippen LogP contribution >= 0.6 is 0 Å². The first kappa shape index (κ1) is 18.0. The number of anilines is 1. The zero-order chi connectivity index (χ0) is 18.4. The van der Waals surface area contributed by atoms with Gasteiger partial charge >= 0.3 is 0 Å². The van der Waals surface area contributed by atoms with Crippen molar-refractivity contribution >= 4 is 17.5 Å². The quantitative estimate of drug-likeness (QED) is 0.899. The lowest BCUT2D eigenvalue weighted by Gasteiger charge is -2.31. The summed E-state index contributed by atoms with van der Waals surface area (Å²) in [4.78, 5) is 26.4. The van der Waals surface area contributed by atoms with E-state index in [1.807, 2.05) is 61.5 Å². The summed E-state index contributed by atoms with van der Waals surface area (Å²) >= 11 is 0. The minimum atomic E-state index is -0.0581. The highest BCUT2D eigenvalue weighted by molar-refractivity contribution is 5.92. The molecule has 1 aliphatic rings. The Hall–Kier alpha value is -2.82. The minimum absolute atomic E-state index is 0.0270. The molecule has 0 unspecified atom stereocenters. The number of para-hydroxylation sites is 1. The molecule has 0 bridgehead atoms. The molecule has 0 spiro atoms. The normalized spacial score (nSPS) is 14.7. The van der Waals surface area contributed by atoms with Crippen LogP contribution in [-0.4, -0.2) is 36.4 Å². The largest absolute Gasteiger partial charge is 0.484 e. The number of carbonyl (C=O) groups excluding carboxylic acids is 2. The summed E-state index contributed by atoms with van der Waals surface area (Å²) < 4.78 is 5.56. The van der Waals surface area contributed by atoms with E-state index < -0.39 is 0 Å². The molecule has 0 atom stereocenters. The Kier molecular flexibility index (Phi) is 5.89. The summed E-state index contributed by atoms with van der Waals surface area (Å²) in [6.45, 7) is 3.21. The van der Waals surface area contributed by atoms with Gasteiger partial charge in [-0.1, -0.05) is 35.9 Å². The van der Waals surface area contributed by atoms with Gasteiger partial charge < -0.3 is 15.0 Å². The number of nitrogens with one attached hydrogen (secondary N) is 1. The summed E-state index contributed by atoms with van der Waals surface area (Å²) in [7, 11) is 0. The Labute approximate surface area is 154 Å². The fourth-order valence-corrected chi connectivity index (χ4v) is 3.03. The average molecular weight is 352 g/mol. The van der Waals surface area contributed by atoms with E-state index in [1.165, 1.54) is 0 Å². The highest BCUT2D eigenvalue weighted by Crippen LogP contribution is 2.20. The van der Waals surface area contributed by atoms with Crippen molar-refractivity contribution in [3.8, 4) is 5.75 Å². The van der Waals surface area contributed by atoms with E-state index in [-0.39, 0.29) is 24.3 Å². The molecule has 5 nitrogen and oxygen atoms in total. The molecular weight excluding hydrogens is 328 g/mol. The van der Waals surface area contributed by atoms with E-state index in [4.69, 9.17) is 4.74 Å². The molecule has 2 aromatic carbocycles. The first-order valence-electron chi connectivity index (χ1n) is 8.95. The Balaban J connectivity index is 1.43. The average Bonchev–Trinajstić information content (AvgIpc) is 2.68. The topological polar surface area (TPSA) is 58.6 Å². The van der Waals surface area contributed by atoms with Crippen LogP contribution < -0.4 is 10.1 Å². The number of ether oxygens (including phenoxy) is 1. The standard InChI is InChI=1S/C21H24N2O3/c1-16-7-9-19(10-8-16)26-15-20(24)23-13-11-17(12-14-23)21(25)22-18-5-3-2-4-6-18/h2-10,17H,11-15H2,1H3,(H,22,25). The first-order valence-corrected chi connectivity index (χ1v) is 8.95. The fraction of sp³-hybridized carbons (Fsp3) is 0.333. The molecule has 1 aliphatic heterocycles. The highest BCUT2D eigenvalue weighted by atomic mass is 16.5. The zero-order valence-electron chi connectivity index (χ0n) is 15.0. The van der Waals surface area contributed by atoms with Crippen LogP contribution in [0.5, 0.6) is 5.75 Å². The molecule has 1 N–H and O–H groups in total. The first-order chi connectivity index (χ1) is 12.6. The predicted octanol–water partition coefficient (Wildman–Crippen LogP) is 3.25. The molecular formula is C21H24N2O3. The molecule has 1 saturated heterocycles. The smallest absolute Gasteiger partial charge is 0.260 e. The van der Waals surface area contributed by atoms with Crippen LogP contribution in [0.2, 0.25) is 0 Å². The summed E-state index contributed by atoms with van der Waals surface area (Å²) in [6.07, 6.45) is 1.35. The summed E-state index contributed by atoms with van der Waals surface area (Å²) in [6, 6.07) is 17.1. The fourth-order valence-electron chi connectivity index (χ4n) is 3.03. The number of nitrogens with zero attached hydrogens (tertiary/aromatic N) is 1. The van der Waals surface area contributed by atoms with Crippen LogP contribution in [0.1, 0.15) is 18.4 Å². The van der Waals surface area contributed by atoms with Gasteiger partial charge in [0, 0.05) is 24.7 Å². The van der Waals surface area contributed by atoms with Gasteiger partial charge in [0.25, 0.3) is 5.91 Å². The Morgan fingerprint density at radius 3 is 2.35 bits per heavy atom. The Morgan fingerprint density at radius 2 is 1.69 bits per heavy atom. The van der Waals surface area contributed by atoms with Gasteiger partial charge in [0.05, 0.1) is 0 Å². The van der Waals surface area contributed by atoms with Crippen molar-refractivity contribution in [3.63, 3.8) is 0 Å². The van der Waals surface area contributed by atoms with Gasteiger partial charge in [-0.3, -0.25) is 9.59 Å². The highest BCUT2D eigenvalue weighted by Gasteiger charge is 2.27. The molecule has 136 valence electrons. The number of benzene rings is 2. The number of likely N-dealkylation sites (tertiary alicyclic amines) is 1. The van der Waals surface area contributed by atoms with Crippen molar-refractivity contribution in [1.29, 1.82) is 0 Å². The van der Waals surface area contributed by atoms with Gasteiger partial charge in [0.1, 0.15) is 5.75 Å². The lowest BCUT2D eigenvalue weighted by Crippen LogP contribution is -2.43. The molecule has 0 aromatic heterocycles. The monoisotopic (exact) mass is 352 g/mol. The lowest BCUT2D eigenvalue weighted by atomic mass is 9.95. The number of piperidine rings is 1. The van der Waals surface area contributed by atoms with E-state index in [0.717, 1.165) is 11.3 Å². The Bertz CT molecular complexity index is 736. The summed E-state index contributed by atoms with van der Waals surface area (Å²) in [5.41, 5.74) is 1.96. The van der Waals surface area contributed by atoms with Crippen LogP contribution in [0, 0.1) is 12.8 Å². The van der Waals surface area contributed by atoms with Gasteiger partial charge in [-0.05, 0) is 44.0 Å². The molecule has 2 amide bonds. The SMILES string of the molecule is Cc1ccc(OCC(=O)N2CCC(C(=O)Nc3ccccc3)CC2)cc1. The third-order valence-corrected chi connectivity index (χ3v) is 4.64. The summed E-state index contributed by atoms with van der Waals surface area (Å²) in [5, 5.41) is 2.94. The van der Waals surface area contributed by atoms with E-state index in [0.29, 0.717) is 31.7 Å². The number of carbonyl (C=O) groups is 2. The second-order valence-corrected chi connectivity index (χ2v) is 6.61. The van der Waals surface area contributed by atoms with Gasteiger partial charge in [0.15, 0.2) is 6.61 Å². The molecule has 0 radical (unpaired) electrons. The zero-order valence-corrected chi connectivity index (χ0v) is 15.0. The van der Waals surface area contributed by atoms with Crippen molar-refractivity contribution in [3.05, 3.63) is 60.2 Å². The van der Waals surface area contributed by atoms with Crippen molar-refractivity contribution < 1.29 is 14.3 Å².